The minimum atomic E-state index is -0.249. The molecule has 1 rings (SSSR count). The van der Waals surface area contributed by atoms with Crippen molar-refractivity contribution in [1.29, 1.82) is 0 Å². The van der Waals surface area contributed by atoms with Gasteiger partial charge in [-0.2, -0.15) is 0 Å². The van der Waals surface area contributed by atoms with E-state index < -0.39 is 0 Å². The molecule has 0 aliphatic heterocycles. The standard InChI is InChI=1S/C14H22FNOS/c1-11(2)16-14(3,10-17)8-9-18-13-6-4-12(15)5-7-13/h4-7,11,16-17H,8-10H2,1-3H3. The topological polar surface area (TPSA) is 32.3 Å². The van der Waals surface area contributed by atoms with Crippen molar-refractivity contribution in [2.45, 2.75) is 43.7 Å². The first-order chi connectivity index (χ1) is 8.45. The zero-order chi connectivity index (χ0) is 13.6. The predicted octanol–water partition coefficient (Wildman–Crippen LogP) is 3.06. The molecule has 4 heteroatoms. The van der Waals surface area contributed by atoms with E-state index >= 15 is 0 Å². The summed E-state index contributed by atoms with van der Waals surface area (Å²) in [6, 6.07) is 6.86. The second-order valence-corrected chi connectivity index (χ2v) is 6.24. The summed E-state index contributed by atoms with van der Waals surface area (Å²) in [6.07, 6.45) is 0.865. The van der Waals surface area contributed by atoms with Gasteiger partial charge < -0.3 is 10.4 Å². The molecule has 0 fully saturated rings. The van der Waals surface area contributed by atoms with E-state index in [0.717, 1.165) is 17.1 Å². The molecule has 0 bridgehead atoms. The lowest BCUT2D eigenvalue weighted by atomic mass is 9.99. The van der Waals surface area contributed by atoms with Crippen LogP contribution in [0.3, 0.4) is 0 Å². The van der Waals surface area contributed by atoms with E-state index in [4.69, 9.17) is 0 Å². The molecule has 1 unspecified atom stereocenters. The molecule has 0 spiro atoms. The van der Waals surface area contributed by atoms with Gasteiger partial charge in [-0.25, -0.2) is 4.39 Å². The summed E-state index contributed by atoms with van der Waals surface area (Å²) in [4.78, 5) is 1.06. The van der Waals surface area contributed by atoms with Crippen molar-refractivity contribution in [1.82, 2.24) is 5.32 Å². The molecule has 0 saturated heterocycles. The van der Waals surface area contributed by atoms with Gasteiger partial charge in [-0.1, -0.05) is 13.8 Å². The maximum absolute atomic E-state index is 12.7. The number of aliphatic hydroxyl groups excluding tert-OH is 1. The van der Waals surface area contributed by atoms with Crippen molar-refractivity contribution < 1.29 is 9.50 Å². The van der Waals surface area contributed by atoms with E-state index in [0.29, 0.717) is 6.04 Å². The van der Waals surface area contributed by atoms with Crippen LogP contribution in [0.2, 0.25) is 0 Å². The SMILES string of the molecule is CC(C)NC(C)(CO)CCSc1ccc(F)cc1. The molecule has 0 saturated carbocycles. The van der Waals surface area contributed by atoms with Crippen molar-refractivity contribution in [3.8, 4) is 0 Å². The molecular formula is C14H22FNOS. The number of aliphatic hydroxyl groups is 1. The minimum Gasteiger partial charge on any atom is -0.394 e. The smallest absolute Gasteiger partial charge is 0.123 e. The summed E-state index contributed by atoms with van der Waals surface area (Å²) < 4.78 is 12.7. The monoisotopic (exact) mass is 271 g/mol. The summed E-state index contributed by atoms with van der Waals surface area (Å²) in [6.45, 7) is 6.29. The van der Waals surface area contributed by atoms with Crippen molar-refractivity contribution >= 4 is 11.8 Å². The molecule has 0 aliphatic rings. The van der Waals surface area contributed by atoms with Crippen molar-refractivity contribution in [2.24, 2.45) is 0 Å². The second-order valence-electron chi connectivity index (χ2n) is 5.07. The zero-order valence-electron chi connectivity index (χ0n) is 11.2. The van der Waals surface area contributed by atoms with Crippen LogP contribution >= 0.6 is 11.8 Å². The maximum Gasteiger partial charge on any atom is 0.123 e. The number of hydrogen-bond acceptors (Lipinski definition) is 3. The molecule has 102 valence electrons. The number of benzene rings is 1. The molecular weight excluding hydrogens is 249 g/mol. The van der Waals surface area contributed by atoms with Gasteiger partial charge >= 0.3 is 0 Å². The van der Waals surface area contributed by atoms with Crippen molar-refractivity contribution in [2.75, 3.05) is 12.4 Å². The highest BCUT2D eigenvalue weighted by atomic mass is 32.2. The number of nitrogens with one attached hydrogen (secondary N) is 1. The van der Waals surface area contributed by atoms with Gasteiger partial charge in [0.05, 0.1) is 6.61 Å². The molecule has 1 aromatic carbocycles. The molecule has 0 aliphatic carbocycles. The van der Waals surface area contributed by atoms with Crippen LogP contribution in [0, 0.1) is 5.82 Å². The van der Waals surface area contributed by atoms with Gasteiger partial charge in [0.25, 0.3) is 0 Å². The number of hydrogen-bond donors (Lipinski definition) is 2. The van der Waals surface area contributed by atoms with Gasteiger partial charge in [0, 0.05) is 16.5 Å². The highest BCUT2D eigenvalue weighted by molar-refractivity contribution is 7.99. The van der Waals surface area contributed by atoms with Crippen LogP contribution in [0.1, 0.15) is 27.2 Å². The van der Waals surface area contributed by atoms with Crippen LogP contribution in [0.4, 0.5) is 4.39 Å². The second kappa shape index (κ2) is 7.12. The summed E-state index contributed by atoms with van der Waals surface area (Å²) >= 11 is 1.68. The average Bonchev–Trinajstić information content (AvgIpc) is 2.31. The Morgan fingerprint density at radius 2 is 1.94 bits per heavy atom. The van der Waals surface area contributed by atoms with Gasteiger partial charge in [-0.05, 0) is 43.4 Å². The number of halogens is 1. The highest BCUT2D eigenvalue weighted by Crippen LogP contribution is 2.22. The molecule has 0 amide bonds. The first kappa shape index (κ1) is 15.5. The molecule has 0 radical (unpaired) electrons. The maximum atomic E-state index is 12.7. The Labute approximate surface area is 113 Å². The summed E-state index contributed by atoms with van der Waals surface area (Å²) in [5, 5.41) is 12.8. The lowest BCUT2D eigenvalue weighted by Crippen LogP contribution is -2.49. The van der Waals surface area contributed by atoms with Crippen LogP contribution in [0.25, 0.3) is 0 Å². The average molecular weight is 271 g/mol. The van der Waals surface area contributed by atoms with Gasteiger partial charge in [0.2, 0.25) is 0 Å². The predicted molar refractivity (Wildman–Crippen MR) is 75.5 cm³/mol. The van der Waals surface area contributed by atoms with Gasteiger partial charge in [-0.15, -0.1) is 11.8 Å². The number of rotatable bonds is 7. The third-order valence-electron chi connectivity index (χ3n) is 2.72. The Morgan fingerprint density at radius 1 is 1.33 bits per heavy atom. The van der Waals surface area contributed by atoms with E-state index in [1.54, 1.807) is 23.9 Å². The molecule has 0 aromatic heterocycles. The van der Waals surface area contributed by atoms with Crippen LogP contribution < -0.4 is 5.32 Å². The Kier molecular flexibility index (Phi) is 6.12. The van der Waals surface area contributed by atoms with Gasteiger partial charge in [0.1, 0.15) is 5.82 Å². The molecule has 2 N–H and O–H groups in total. The van der Waals surface area contributed by atoms with Crippen LogP contribution in [-0.2, 0) is 0 Å². The third-order valence-corrected chi connectivity index (χ3v) is 3.74. The summed E-state index contributed by atoms with van der Waals surface area (Å²) in [5.74, 6) is 0.684. The van der Waals surface area contributed by atoms with Crippen molar-refractivity contribution in [3.05, 3.63) is 30.1 Å². The Hall–Kier alpha value is -0.580. The normalized spacial score (nSPS) is 14.8. The quantitative estimate of drug-likeness (QED) is 0.748. The lowest BCUT2D eigenvalue weighted by molar-refractivity contribution is 0.162. The fourth-order valence-electron chi connectivity index (χ4n) is 1.82. The zero-order valence-corrected chi connectivity index (χ0v) is 12.1. The fraction of sp³-hybridized carbons (Fsp3) is 0.571. The first-order valence-electron chi connectivity index (χ1n) is 6.22. The van der Waals surface area contributed by atoms with E-state index in [9.17, 15) is 9.50 Å². The third kappa shape index (κ3) is 5.38. The van der Waals surface area contributed by atoms with Gasteiger partial charge in [0.15, 0.2) is 0 Å². The Bertz CT molecular complexity index is 355. The Morgan fingerprint density at radius 3 is 2.44 bits per heavy atom. The summed E-state index contributed by atoms with van der Waals surface area (Å²) in [7, 11) is 0. The van der Waals surface area contributed by atoms with E-state index in [2.05, 4.69) is 19.2 Å². The van der Waals surface area contributed by atoms with Crippen LogP contribution in [-0.4, -0.2) is 29.0 Å². The minimum absolute atomic E-state index is 0.120. The summed E-state index contributed by atoms with van der Waals surface area (Å²) in [5.41, 5.74) is -0.249. The molecule has 1 aromatic rings. The Balaban J connectivity index is 2.41. The van der Waals surface area contributed by atoms with E-state index in [1.807, 2.05) is 6.92 Å². The lowest BCUT2D eigenvalue weighted by Gasteiger charge is -2.31. The first-order valence-corrected chi connectivity index (χ1v) is 7.21. The highest BCUT2D eigenvalue weighted by Gasteiger charge is 2.23. The molecule has 18 heavy (non-hydrogen) atoms. The van der Waals surface area contributed by atoms with E-state index in [-0.39, 0.29) is 18.0 Å². The fourth-order valence-corrected chi connectivity index (χ4v) is 2.94. The van der Waals surface area contributed by atoms with Crippen molar-refractivity contribution in [3.63, 3.8) is 0 Å². The number of thioether (sulfide) groups is 1. The molecule has 0 heterocycles. The largest absolute Gasteiger partial charge is 0.394 e. The van der Waals surface area contributed by atoms with Crippen LogP contribution in [0.5, 0.6) is 0 Å². The van der Waals surface area contributed by atoms with E-state index in [1.165, 1.54) is 12.1 Å². The van der Waals surface area contributed by atoms with Crippen LogP contribution in [0.15, 0.2) is 29.2 Å². The molecule has 2 nitrogen and oxygen atoms in total. The molecule has 1 atom stereocenters. The van der Waals surface area contributed by atoms with Gasteiger partial charge in [-0.3, -0.25) is 0 Å².